The summed E-state index contributed by atoms with van der Waals surface area (Å²) in [4.78, 5) is 4.65. The SMILES string of the molecule is CNCCC=CCc1nc(C(C)(C)C)cs1. The summed E-state index contributed by atoms with van der Waals surface area (Å²) in [6.07, 6.45) is 6.48. The van der Waals surface area contributed by atoms with Gasteiger partial charge >= 0.3 is 0 Å². The van der Waals surface area contributed by atoms with E-state index < -0.39 is 0 Å². The molecule has 1 heterocycles. The fraction of sp³-hybridized carbons (Fsp3) is 0.615. The first-order chi connectivity index (χ1) is 7.54. The molecule has 0 aliphatic carbocycles. The fourth-order valence-electron chi connectivity index (χ4n) is 1.28. The molecule has 0 aliphatic heterocycles. The first kappa shape index (κ1) is 13.4. The highest BCUT2D eigenvalue weighted by Crippen LogP contribution is 2.24. The topological polar surface area (TPSA) is 24.9 Å². The minimum Gasteiger partial charge on any atom is -0.319 e. The second-order valence-corrected chi connectivity index (χ2v) is 5.89. The number of hydrogen-bond donors (Lipinski definition) is 1. The van der Waals surface area contributed by atoms with Crippen molar-refractivity contribution in [3.8, 4) is 0 Å². The van der Waals surface area contributed by atoms with E-state index in [1.165, 1.54) is 10.7 Å². The maximum absolute atomic E-state index is 4.65. The van der Waals surface area contributed by atoms with Crippen LogP contribution in [0.2, 0.25) is 0 Å². The molecular formula is C13H22N2S. The van der Waals surface area contributed by atoms with Crippen LogP contribution < -0.4 is 5.32 Å². The highest BCUT2D eigenvalue weighted by atomic mass is 32.1. The van der Waals surface area contributed by atoms with Gasteiger partial charge in [-0.3, -0.25) is 0 Å². The third kappa shape index (κ3) is 4.45. The van der Waals surface area contributed by atoms with Crippen LogP contribution in [0.15, 0.2) is 17.5 Å². The molecule has 0 aromatic carbocycles. The van der Waals surface area contributed by atoms with Crippen molar-refractivity contribution in [2.75, 3.05) is 13.6 Å². The number of nitrogens with one attached hydrogen (secondary N) is 1. The van der Waals surface area contributed by atoms with Gasteiger partial charge in [-0.05, 0) is 20.0 Å². The molecular weight excluding hydrogens is 216 g/mol. The van der Waals surface area contributed by atoms with Gasteiger partial charge in [0.2, 0.25) is 0 Å². The van der Waals surface area contributed by atoms with Crippen LogP contribution in [0.5, 0.6) is 0 Å². The van der Waals surface area contributed by atoms with E-state index in [0.717, 1.165) is 19.4 Å². The first-order valence-corrected chi connectivity index (χ1v) is 6.66. The first-order valence-electron chi connectivity index (χ1n) is 5.78. The van der Waals surface area contributed by atoms with Gasteiger partial charge in [-0.1, -0.05) is 32.9 Å². The molecule has 0 fully saturated rings. The molecule has 0 amide bonds. The number of rotatable bonds is 5. The Morgan fingerprint density at radius 1 is 1.38 bits per heavy atom. The Hall–Kier alpha value is -0.670. The summed E-state index contributed by atoms with van der Waals surface area (Å²) in [7, 11) is 1.98. The van der Waals surface area contributed by atoms with Crippen molar-refractivity contribution in [2.24, 2.45) is 0 Å². The molecule has 2 nitrogen and oxygen atoms in total. The number of aromatic nitrogens is 1. The molecule has 0 aliphatic rings. The maximum atomic E-state index is 4.65. The molecule has 1 N–H and O–H groups in total. The van der Waals surface area contributed by atoms with Gasteiger partial charge in [0, 0.05) is 17.2 Å². The van der Waals surface area contributed by atoms with Crippen molar-refractivity contribution in [3.63, 3.8) is 0 Å². The summed E-state index contributed by atoms with van der Waals surface area (Å²) < 4.78 is 0. The molecule has 1 aromatic heterocycles. The van der Waals surface area contributed by atoms with Crippen LogP contribution in [0.25, 0.3) is 0 Å². The molecule has 0 unspecified atom stereocenters. The van der Waals surface area contributed by atoms with Gasteiger partial charge < -0.3 is 5.32 Å². The summed E-state index contributed by atoms with van der Waals surface area (Å²) >= 11 is 1.76. The lowest BCUT2D eigenvalue weighted by Gasteiger charge is -2.14. The van der Waals surface area contributed by atoms with Gasteiger partial charge in [0.1, 0.15) is 0 Å². The maximum Gasteiger partial charge on any atom is 0.0966 e. The predicted octanol–water partition coefficient (Wildman–Crippen LogP) is 3.15. The van der Waals surface area contributed by atoms with Crippen LogP contribution in [-0.2, 0) is 11.8 Å². The van der Waals surface area contributed by atoms with Gasteiger partial charge in [0.05, 0.1) is 10.7 Å². The van der Waals surface area contributed by atoms with Gasteiger partial charge in [-0.25, -0.2) is 4.98 Å². The standard InChI is InChI=1S/C13H22N2S/c1-13(2,3)11-10-16-12(15-11)8-6-5-7-9-14-4/h5-6,10,14H,7-9H2,1-4H3. The van der Waals surface area contributed by atoms with Crippen molar-refractivity contribution in [1.82, 2.24) is 10.3 Å². The van der Waals surface area contributed by atoms with E-state index in [9.17, 15) is 0 Å². The second-order valence-electron chi connectivity index (χ2n) is 4.94. The smallest absolute Gasteiger partial charge is 0.0966 e. The highest BCUT2D eigenvalue weighted by molar-refractivity contribution is 7.09. The molecule has 16 heavy (non-hydrogen) atoms. The molecule has 0 saturated heterocycles. The molecule has 3 heteroatoms. The molecule has 1 aromatic rings. The lowest BCUT2D eigenvalue weighted by molar-refractivity contribution is 0.571. The number of thiazole rings is 1. The van der Waals surface area contributed by atoms with E-state index in [1.807, 2.05) is 7.05 Å². The highest BCUT2D eigenvalue weighted by Gasteiger charge is 2.16. The zero-order valence-corrected chi connectivity index (χ0v) is 11.5. The Morgan fingerprint density at radius 3 is 2.69 bits per heavy atom. The zero-order valence-electron chi connectivity index (χ0n) is 10.7. The van der Waals surface area contributed by atoms with Gasteiger partial charge in [-0.15, -0.1) is 11.3 Å². The minimum absolute atomic E-state index is 0.171. The minimum atomic E-state index is 0.171. The number of hydrogen-bond acceptors (Lipinski definition) is 3. The average Bonchev–Trinajstić information content (AvgIpc) is 2.65. The van der Waals surface area contributed by atoms with Gasteiger partial charge in [0.15, 0.2) is 0 Å². The van der Waals surface area contributed by atoms with E-state index in [-0.39, 0.29) is 5.41 Å². The van der Waals surface area contributed by atoms with Crippen LogP contribution in [0, 0.1) is 0 Å². The summed E-state index contributed by atoms with van der Waals surface area (Å²) in [6, 6.07) is 0. The van der Waals surface area contributed by atoms with Crippen molar-refractivity contribution >= 4 is 11.3 Å². The Morgan fingerprint density at radius 2 is 2.12 bits per heavy atom. The van der Waals surface area contributed by atoms with Crippen LogP contribution in [0.4, 0.5) is 0 Å². The largest absolute Gasteiger partial charge is 0.319 e. The molecule has 0 bridgehead atoms. The van der Waals surface area contributed by atoms with E-state index in [4.69, 9.17) is 0 Å². The summed E-state index contributed by atoms with van der Waals surface area (Å²) in [6.45, 7) is 7.65. The lowest BCUT2D eigenvalue weighted by Crippen LogP contribution is -2.11. The fourth-order valence-corrected chi connectivity index (χ4v) is 2.28. The molecule has 0 radical (unpaired) electrons. The van der Waals surface area contributed by atoms with E-state index in [0.29, 0.717) is 0 Å². The Labute approximate surface area is 103 Å². The Kier molecular flexibility index (Phi) is 5.16. The van der Waals surface area contributed by atoms with E-state index in [1.54, 1.807) is 11.3 Å². The van der Waals surface area contributed by atoms with Crippen molar-refractivity contribution in [1.29, 1.82) is 0 Å². The molecule has 0 atom stereocenters. The van der Waals surface area contributed by atoms with E-state index >= 15 is 0 Å². The van der Waals surface area contributed by atoms with Crippen LogP contribution >= 0.6 is 11.3 Å². The van der Waals surface area contributed by atoms with Gasteiger partial charge in [-0.2, -0.15) is 0 Å². The van der Waals surface area contributed by atoms with Gasteiger partial charge in [0.25, 0.3) is 0 Å². The summed E-state index contributed by atoms with van der Waals surface area (Å²) in [5.74, 6) is 0. The molecule has 1 rings (SSSR count). The van der Waals surface area contributed by atoms with Crippen LogP contribution in [0.3, 0.4) is 0 Å². The van der Waals surface area contributed by atoms with Crippen LogP contribution in [0.1, 0.15) is 37.9 Å². The molecule has 90 valence electrons. The van der Waals surface area contributed by atoms with Crippen LogP contribution in [-0.4, -0.2) is 18.6 Å². The number of allylic oxidation sites excluding steroid dienone is 1. The average molecular weight is 238 g/mol. The Bertz CT molecular complexity index is 334. The Balaban J connectivity index is 2.44. The third-order valence-electron chi connectivity index (χ3n) is 2.34. The predicted molar refractivity (Wildman–Crippen MR) is 72.2 cm³/mol. The van der Waals surface area contributed by atoms with Crippen molar-refractivity contribution in [3.05, 3.63) is 28.2 Å². The third-order valence-corrected chi connectivity index (χ3v) is 3.21. The summed E-state index contributed by atoms with van der Waals surface area (Å²) in [5, 5.41) is 6.52. The van der Waals surface area contributed by atoms with Crippen molar-refractivity contribution < 1.29 is 0 Å². The zero-order chi connectivity index (χ0) is 12.0. The lowest BCUT2D eigenvalue weighted by atomic mass is 9.93. The van der Waals surface area contributed by atoms with Crippen molar-refractivity contribution in [2.45, 2.75) is 39.0 Å². The summed E-state index contributed by atoms with van der Waals surface area (Å²) in [5.41, 5.74) is 1.38. The molecule has 0 spiro atoms. The quantitative estimate of drug-likeness (QED) is 0.629. The molecule has 0 saturated carbocycles. The number of nitrogens with zero attached hydrogens (tertiary/aromatic N) is 1. The van der Waals surface area contributed by atoms with E-state index in [2.05, 4.69) is 48.6 Å². The monoisotopic (exact) mass is 238 g/mol. The normalized spacial score (nSPS) is 12.5. The second kappa shape index (κ2) is 6.16.